The van der Waals surface area contributed by atoms with Crippen LogP contribution in [-0.4, -0.2) is 22.1 Å². The van der Waals surface area contributed by atoms with Gasteiger partial charge in [-0.1, -0.05) is 54.6 Å². The predicted molar refractivity (Wildman–Crippen MR) is 116 cm³/mol. The number of anilines is 1. The lowest BCUT2D eigenvalue weighted by Crippen LogP contribution is -2.14. The summed E-state index contributed by atoms with van der Waals surface area (Å²) in [6, 6.07) is 11.1. The van der Waals surface area contributed by atoms with E-state index in [0.717, 1.165) is 11.1 Å². The Morgan fingerprint density at radius 3 is 2.59 bits per heavy atom. The normalized spacial score (nSPS) is 11.4. The zero-order valence-electron chi connectivity index (χ0n) is 15.8. The van der Waals surface area contributed by atoms with E-state index in [1.807, 2.05) is 18.2 Å². The van der Waals surface area contributed by atoms with Gasteiger partial charge in [-0.25, -0.2) is 4.79 Å². The molecular weight excluding hydrogens is 390 g/mol. The first-order chi connectivity index (χ1) is 13.9. The first kappa shape index (κ1) is 22.0. The number of carboxylic acid groups (broad SMARTS) is 1. The zero-order chi connectivity index (χ0) is 21.2. The Hall–Kier alpha value is -3.31. The van der Waals surface area contributed by atoms with Crippen molar-refractivity contribution in [3.63, 3.8) is 0 Å². The summed E-state index contributed by atoms with van der Waals surface area (Å²) >= 11 is 6.19. The van der Waals surface area contributed by atoms with Gasteiger partial charge in [0, 0.05) is 12.0 Å². The number of carboxylic acids is 1. The van der Waals surface area contributed by atoms with Crippen LogP contribution in [0.25, 0.3) is 5.57 Å². The van der Waals surface area contributed by atoms with Crippen LogP contribution in [0.3, 0.4) is 0 Å². The van der Waals surface area contributed by atoms with Crippen molar-refractivity contribution in [2.75, 3.05) is 5.32 Å². The summed E-state index contributed by atoms with van der Waals surface area (Å²) in [5.74, 6) is -1.23. The van der Waals surface area contributed by atoms with E-state index in [1.54, 1.807) is 36.4 Å². The number of halogens is 1. The highest BCUT2D eigenvalue weighted by atomic mass is 35.5. The smallest absolute Gasteiger partial charge is 0.337 e. The fourth-order valence-corrected chi connectivity index (χ4v) is 2.97. The topological polar surface area (TPSA) is 86.6 Å². The second kappa shape index (κ2) is 10.9. The minimum atomic E-state index is -1.08. The van der Waals surface area contributed by atoms with Gasteiger partial charge in [-0.15, -0.1) is 0 Å². The van der Waals surface area contributed by atoms with Gasteiger partial charge in [-0.3, -0.25) is 4.79 Å². The van der Waals surface area contributed by atoms with Crippen molar-refractivity contribution in [3.8, 4) is 5.75 Å². The minimum absolute atomic E-state index is 0.0609. The molecular formula is C23H22ClNO4. The fraction of sp³-hybridized carbons (Fsp3) is 0.130. The molecule has 0 saturated carbocycles. The highest BCUT2D eigenvalue weighted by molar-refractivity contribution is 6.32. The Kier molecular flexibility index (Phi) is 8.25. The number of carbonyl (C=O) groups is 2. The number of allylic oxidation sites excluding steroid dienone is 5. The van der Waals surface area contributed by atoms with Gasteiger partial charge in [0.15, 0.2) is 0 Å². The molecule has 2 rings (SSSR count). The number of aromatic carboxylic acids is 1. The molecule has 0 aliphatic carbocycles. The average Bonchev–Trinajstić information content (AvgIpc) is 2.67. The van der Waals surface area contributed by atoms with Crippen molar-refractivity contribution in [2.45, 2.75) is 19.3 Å². The average molecular weight is 412 g/mol. The van der Waals surface area contributed by atoms with Crippen molar-refractivity contribution in [1.29, 1.82) is 0 Å². The molecule has 3 N–H and O–H groups in total. The van der Waals surface area contributed by atoms with Gasteiger partial charge in [0.25, 0.3) is 0 Å². The molecule has 0 aliphatic heterocycles. The molecule has 150 valence electrons. The lowest BCUT2D eigenvalue weighted by Gasteiger charge is -2.08. The van der Waals surface area contributed by atoms with E-state index in [9.17, 15) is 14.7 Å². The molecule has 0 fully saturated rings. The number of carbonyl (C=O) groups excluding carboxylic acids is 1. The number of rotatable bonds is 9. The zero-order valence-corrected chi connectivity index (χ0v) is 16.5. The van der Waals surface area contributed by atoms with Crippen LogP contribution >= 0.6 is 11.6 Å². The van der Waals surface area contributed by atoms with Gasteiger partial charge in [0.1, 0.15) is 5.75 Å². The van der Waals surface area contributed by atoms with Gasteiger partial charge in [-0.05, 0) is 48.7 Å². The first-order valence-corrected chi connectivity index (χ1v) is 9.40. The summed E-state index contributed by atoms with van der Waals surface area (Å²) in [6.07, 6.45) is 8.79. The molecule has 0 radical (unpaired) electrons. The fourth-order valence-electron chi connectivity index (χ4n) is 2.68. The van der Waals surface area contributed by atoms with Gasteiger partial charge < -0.3 is 15.5 Å². The van der Waals surface area contributed by atoms with Crippen molar-refractivity contribution in [1.82, 2.24) is 0 Å². The molecule has 2 aromatic rings. The predicted octanol–water partition coefficient (Wildman–Crippen LogP) is 5.68. The summed E-state index contributed by atoms with van der Waals surface area (Å²) < 4.78 is 0. The lowest BCUT2D eigenvalue weighted by atomic mass is 10.0. The second-order valence-electron chi connectivity index (χ2n) is 6.22. The maximum absolute atomic E-state index is 12.1. The SMILES string of the molecule is C=C/C=C(\C=C/CCCC(=O)Nc1ccccc1C(=O)O)c1ccc(O)cc1Cl. The number of nitrogens with one attached hydrogen (secondary N) is 1. The molecule has 0 unspecified atom stereocenters. The third kappa shape index (κ3) is 6.66. The van der Waals surface area contributed by atoms with Crippen LogP contribution in [0, 0.1) is 0 Å². The van der Waals surface area contributed by atoms with Crippen molar-refractivity contribution >= 4 is 34.7 Å². The molecule has 0 saturated heterocycles. The maximum Gasteiger partial charge on any atom is 0.337 e. The molecule has 0 bridgehead atoms. The number of hydrogen-bond donors (Lipinski definition) is 3. The highest BCUT2D eigenvalue weighted by Crippen LogP contribution is 2.28. The van der Waals surface area contributed by atoms with E-state index in [1.165, 1.54) is 12.1 Å². The maximum atomic E-state index is 12.1. The molecule has 6 heteroatoms. The van der Waals surface area contributed by atoms with E-state index >= 15 is 0 Å². The van der Waals surface area contributed by atoms with Gasteiger partial charge in [0.05, 0.1) is 16.3 Å². The molecule has 0 atom stereocenters. The van der Waals surface area contributed by atoms with E-state index in [0.29, 0.717) is 23.6 Å². The number of unbranched alkanes of at least 4 members (excludes halogenated alkanes) is 1. The van der Waals surface area contributed by atoms with Crippen LogP contribution in [0.15, 0.2) is 73.3 Å². The summed E-state index contributed by atoms with van der Waals surface area (Å²) in [6.45, 7) is 3.70. The standard InChI is InChI=1S/C23H22ClNO4/c1-2-8-16(18-14-13-17(26)15-20(18)24)9-4-3-5-12-22(27)25-21-11-7-6-10-19(21)23(28)29/h2,4,6-11,13-15,26H,1,3,5,12H2,(H,25,27)(H,28,29)/b9-4-,16-8+. The number of amides is 1. The Morgan fingerprint density at radius 1 is 1.14 bits per heavy atom. The molecule has 1 amide bonds. The molecule has 5 nitrogen and oxygen atoms in total. The number of phenolic OH excluding ortho intramolecular Hbond substituents is 1. The highest BCUT2D eigenvalue weighted by Gasteiger charge is 2.11. The summed E-state index contributed by atoms with van der Waals surface area (Å²) in [5.41, 5.74) is 1.96. The largest absolute Gasteiger partial charge is 0.508 e. The Bertz CT molecular complexity index is 963. The van der Waals surface area contributed by atoms with Crippen LogP contribution < -0.4 is 5.32 Å². The Labute approximate surface area is 174 Å². The molecule has 29 heavy (non-hydrogen) atoms. The number of aromatic hydroxyl groups is 1. The summed E-state index contributed by atoms with van der Waals surface area (Å²) in [4.78, 5) is 23.3. The summed E-state index contributed by atoms with van der Waals surface area (Å²) in [5, 5.41) is 21.7. The first-order valence-electron chi connectivity index (χ1n) is 9.02. The van der Waals surface area contributed by atoms with Crippen LogP contribution in [0.1, 0.15) is 35.2 Å². The van der Waals surface area contributed by atoms with Crippen molar-refractivity contribution in [3.05, 3.63) is 89.5 Å². The van der Waals surface area contributed by atoms with Crippen molar-refractivity contribution in [2.24, 2.45) is 0 Å². The van der Waals surface area contributed by atoms with Crippen LogP contribution in [-0.2, 0) is 4.79 Å². The minimum Gasteiger partial charge on any atom is -0.508 e. The van der Waals surface area contributed by atoms with Gasteiger partial charge in [0.2, 0.25) is 5.91 Å². The Balaban J connectivity index is 1.91. The number of para-hydroxylation sites is 1. The lowest BCUT2D eigenvalue weighted by molar-refractivity contribution is -0.116. The number of phenols is 1. The molecule has 0 spiro atoms. The molecule has 0 heterocycles. The van der Waals surface area contributed by atoms with Crippen molar-refractivity contribution < 1.29 is 19.8 Å². The van der Waals surface area contributed by atoms with Crippen LogP contribution in [0.2, 0.25) is 5.02 Å². The van der Waals surface area contributed by atoms with E-state index in [-0.39, 0.29) is 23.6 Å². The molecule has 0 aromatic heterocycles. The number of benzene rings is 2. The third-order valence-electron chi connectivity index (χ3n) is 4.06. The van der Waals surface area contributed by atoms with E-state index < -0.39 is 5.97 Å². The number of hydrogen-bond acceptors (Lipinski definition) is 3. The summed E-state index contributed by atoms with van der Waals surface area (Å²) in [7, 11) is 0. The second-order valence-corrected chi connectivity index (χ2v) is 6.62. The van der Waals surface area contributed by atoms with Gasteiger partial charge >= 0.3 is 5.97 Å². The van der Waals surface area contributed by atoms with E-state index in [4.69, 9.17) is 16.7 Å². The quantitative estimate of drug-likeness (QED) is 0.366. The van der Waals surface area contributed by atoms with Gasteiger partial charge in [-0.2, -0.15) is 0 Å². The molecule has 0 aliphatic rings. The Morgan fingerprint density at radius 2 is 1.90 bits per heavy atom. The van der Waals surface area contributed by atoms with E-state index in [2.05, 4.69) is 11.9 Å². The monoisotopic (exact) mass is 411 g/mol. The molecule has 2 aromatic carbocycles. The van der Waals surface area contributed by atoms with Crippen LogP contribution in [0.4, 0.5) is 5.69 Å². The van der Waals surface area contributed by atoms with Crippen LogP contribution in [0.5, 0.6) is 5.75 Å². The third-order valence-corrected chi connectivity index (χ3v) is 4.38.